The van der Waals surface area contributed by atoms with Crippen LogP contribution in [0.3, 0.4) is 0 Å². The Labute approximate surface area is 71.0 Å². The Kier molecular flexibility index (Phi) is 2.68. The van der Waals surface area contributed by atoms with Crippen LogP contribution >= 0.6 is 11.8 Å². The zero-order valence-corrected chi connectivity index (χ0v) is 7.31. The van der Waals surface area contributed by atoms with Gasteiger partial charge in [0.2, 0.25) is 0 Å². The lowest BCUT2D eigenvalue weighted by atomic mass is 10.5. The van der Waals surface area contributed by atoms with Crippen molar-refractivity contribution in [3.63, 3.8) is 0 Å². The lowest BCUT2D eigenvalue weighted by molar-refractivity contribution is -0.0403. The summed E-state index contributed by atoms with van der Waals surface area (Å²) in [6, 6.07) is 0. The number of thioether (sulfide) groups is 1. The molecular weight excluding hydrogens is 162 g/mol. The Bertz CT molecular complexity index is 122. The molecule has 2 fully saturated rings. The number of hydrogen-bond acceptors (Lipinski definition) is 4. The molecular formula is C7H13NO2S. The minimum Gasteiger partial charge on any atom is -0.379 e. The Morgan fingerprint density at radius 1 is 1.18 bits per heavy atom. The third-order valence-corrected chi connectivity index (χ3v) is 3.07. The van der Waals surface area contributed by atoms with Gasteiger partial charge < -0.3 is 9.47 Å². The zero-order chi connectivity index (χ0) is 7.52. The molecule has 2 saturated heterocycles. The number of morpholine rings is 1. The van der Waals surface area contributed by atoms with E-state index in [2.05, 4.69) is 4.90 Å². The average molecular weight is 175 g/mol. The lowest BCUT2D eigenvalue weighted by Crippen LogP contribution is -2.41. The van der Waals surface area contributed by atoms with Crippen LogP contribution in [0, 0.1) is 0 Å². The fraction of sp³-hybridized carbons (Fsp3) is 1.00. The Morgan fingerprint density at radius 3 is 2.64 bits per heavy atom. The fourth-order valence-electron chi connectivity index (χ4n) is 1.35. The van der Waals surface area contributed by atoms with Crippen LogP contribution in [0.25, 0.3) is 0 Å². The van der Waals surface area contributed by atoms with Gasteiger partial charge >= 0.3 is 0 Å². The summed E-state index contributed by atoms with van der Waals surface area (Å²) in [6.45, 7) is 4.68. The quantitative estimate of drug-likeness (QED) is 0.574. The van der Waals surface area contributed by atoms with Crippen molar-refractivity contribution in [1.82, 2.24) is 4.90 Å². The zero-order valence-electron chi connectivity index (χ0n) is 6.49. The first-order valence-corrected chi connectivity index (χ1v) is 5.07. The minimum atomic E-state index is 0.318. The largest absolute Gasteiger partial charge is 0.379 e. The van der Waals surface area contributed by atoms with Crippen LogP contribution in [-0.2, 0) is 9.47 Å². The van der Waals surface area contributed by atoms with Gasteiger partial charge in [-0.3, -0.25) is 4.90 Å². The van der Waals surface area contributed by atoms with E-state index in [4.69, 9.17) is 9.47 Å². The number of nitrogens with zero attached hydrogens (tertiary/aromatic N) is 1. The van der Waals surface area contributed by atoms with Gasteiger partial charge in [-0.2, -0.15) is 0 Å². The first kappa shape index (κ1) is 7.86. The fourth-order valence-corrected chi connectivity index (χ4v) is 2.35. The standard InChI is InChI=1S/C7H13NO2S/c1-3-9-4-2-8(1)7-10-5-6-11-7/h7H,1-6H2. The lowest BCUT2D eigenvalue weighted by Gasteiger charge is -2.30. The van der Waals surface area contributed by atoms with E-state index in [1.54, 1.807) is 0 Å². The maximum atomic E-state index is 5.53. The summed E-state index contributed by atoms with van der Waals surface area (Å²) < 4.78 is 10.8. The SMILES string of the molecule is C1CN(C2OCCS2)CCO1. The van der Waals surface area contributed by atoms with E-state index in [1.807, 2.05) is 11.8 Å². The number of rotatable bonds is 1. The van der Waals surface area contributed by atoms with Crippen LogP contribution < -0.4 is 0 Å². The maximum absolute atomic E-state index is 5.53. The van der Waals surface area contributed by atoms with Gasteiger partial charge in [0.1, 0.15) is 0 Å². The molecule has 0 N–H and O–H groups in total. The van der Waals surface area contributed by atoms with Crippen LogP contribution in [0.15, 0.2) is 0 Å². The van der Waals surface area contributed by atoms with Crippen molar-refractivity contribution < 1.29 is 9.47 Å². The Balaban J connectivity index is 1.82. The smallest absolute Gasteiger partial charge is 0.159 e. The molecule has 0 aromatic rings. The van der Waals surface area contributed by atoms with Crippen molar-refractivity contribution in [1.29, 1.82) is 0 Å². The van der Waals surface area contributed by atoms with Crippen molar-refractivity contribution in [2.75, 3.05) is 38.7 Å². The molecule has 4 heteroatoms. The van der Waals surface area contributed by atoms with Gasteiger partial charge in [0.15, 0.2) is 5.56 Å². The summed E-state index contributed by atoms with van der Waals surface area (Å²) in [6.07, 6.45) is 0. The molecule has 64 valence electrons. The first-order valence-electron chi connectivity index (χ1n) is 4.02. The van der Waals surface area contributed by atoms with Crippen LogP contribution in [0.4, 0.5) is 0 Å². The highest BCUT2D eigenvalue weighted by atomic mass is 32.2. The van der Waals surface area contributed by atoms with Gasteiger partial charge in [0.25, 0.3) is 0 Å². The van der Waals surface area contributed by atoms with Crippen LogP contribution in [-0.4, -0.2) is 49.1 Å². The van der Waals surface area contributed by atoms with E-state index < -0.39 is 0 Å². The van der Waals surface area contributed by atoms with E-state index >= 15 is 0 Å². The highest BCUT2D eigenvalue weighted by Crippen LogP contribution is 2.23. The summed E-state index contributed by atoms with van der Waals surface area (Å²) in [5.41, 5.74) is 0.318. The molecule has 2 rings (SSSR count). The van der Waals surface area contributed by atoms with E-state index in [0.717, 1.165) is 38.7 Å². The summed E-state index contributed by atoms with van der Waals surface area (Å²) in [5.74, 6) is 1.14. The van der Waals surface area contributed by atoms with Crippen LogP contribution in [0.1, 0.15) is 0 Å². The molecule has 2 aliphatic rings. The van der Waals surface area contributed by atoms with Gasteiger partial charge in [-0.25, -0.2) is 0 Å². The van der Waals surface area contributed by atoms with Crippen molar-refractivity contribution in [2.24, 2.45) is 0 Å². The molecule has 2 heterocycles. The van der Waals surface area contributed by atoms with Crippen molar-refractivity contribution >= 4 is 11.8 Å². The summed E-state index contributed by atoms with van der Waals surface area (Å²) in [5, 5.41) is 0. The third kappa shape index (κ3) is 1.87. The van der Waals surface area contributed by atoms with Gasteiger partial charge in [-0.05, 0) is 0 Å². The molecule has 1 atom stereocenters. The second-order valence-corrected chi connectivity index (χ2v) is 3.84. The maximum Gasteiger partial charge on any atom is 0.159 e. The number of ether oxygens (including phenoxy) is 2. The molecule has 1 unspecified atom stereocenters. The molecule has 0 amide bonds. The van der Waals surface area contributed by atoms with Gasteiger partial charge in [-0.1, -0.05) is 0 Å². The molecule has 2 aliphatic heterocycles. The molecule has 0 radical (unpaired) electrons. The monoisotopic (exact) mass is 175 g/mol. The Morgan fingerprint density at radius 2 is 2.00 bits per heavy atom. The topological polar surface area (TPSA) is 21.7 Å². The third-order valence-electron chi connectivity index (χ3n) is 1.95. The predicted octanol–water partition coefficient (Wildman–Crippen LogP) is 0.366. The van der Waals surface area contributed by atoms with Crippen LogP contribution in [0.2, 0.25) is 0 Å². The highest BCUT2D eigenvalue weighted by Gasteiger charge is 2.24. The highest BCUT2D eigenvalue weighted by molar-refractivity contribution is 7.99. The average Bonchev–Trinajstić information content (AvgIpc) is 2.58. The molecule has 0 aromatic carbocycles. The number of hydrogen-bond donors (Lipinski definition) is 0. The van der Waals surface area contributed by atoms with Crippen LogP contribution in [0.5, 0.6) is 0 Å². The first-order chi connectivity index (χ1) is 5.47. The van der Waals surface area contributed by atoms with Crippen molar-refractivity contribution in [2.45, 2.75) is 5.56 Å². The molecule has 11 heavy (non-hydrogen) atoms. The molecule has 0 bridgehead atoms. The minimum absolute atomic E-state index is 0.318. The molecule has 0 aliphatic carbocycles. The molecule has 0 aromatic heterocycles. The van der Waals surface area contributed by atoms with Crippen molar-refractivity contribution in [3.8, 4) is 0 Å². The molecule has 0 saturated carbocycles. The summed E-state index contributed by atoms with van der Waals surface area (Å²) in [7, 11) is 0. The van der Waals surface area contributed by atoms with E-state index in [9.17, 15) is 0 Å². The van der Waals surface area contributed by atoms with Gasteiger partial charge in [0, 0.05) is 18.8 Å². The Hall–Kier alpha value is 0.230. The summed E-state index contributed by atoms with van der Waals surface area (Å²) in [4.78, 5) is 2.35. The van der Waals surface area contributed by atoms with E-state index in [-0.39, 0.29) is 0 Å². The van der Waals surface area contributed by atoms with Gasteiger partial charge in [0.05, 0.1) is 19.8 Å². The van der Waals surface area contributed by atoms with E-state index in [1.165, 1.54) is 0 Å². The summed E-state index contributed by atoms with van der Waals surface area (Å²) >= 11 is 1.90. The second kappa shape index (κ2) is 3.76. The van der Waals surface area contributed by atoms with E-state index in [0.29, 0.717) is 5.56 Å². The van der Waals surface area contributed by atoms with Gasteiger partial charge in [-0.15, -0.1) is 11.8 Å². The van der Waals surface area contributed by atoms with Crippen molar-refractivity contribution in [3.05, 3.63) is 0 Å². The second-order valence-electron chi connectivity index (χ2n) is 2.70. The molecule has 0 spiro atoms. The normalized spacial score (nSPS) is 34.4. The molecule has 3 nitrogen and oxygen atoms in total. The predicted molar refractivity (Wildman–Crippen MR) is 44.6 cm³/mol.